The summed E-state index contributed by atoms with van der Waals surface area (Å²) >= 11 is 0. The number of hydrogen-bond donors (Lipinski definition) is 2. The summed E-state index contributed by atoms with van der Waals surface area (Å²) in [5.41, 5.74) is 8.45. The van der Waals surface area contributed by atoms with Crippen molar-refractivity contribution in [1.29, 1.82) is 0 Å². The number of carbonyl (C=O) groups excluding carboxylic acids is 1. The number of nitrogens with two attached hydrogens (primary N) is 1. The molecule has 1 atom stereocenters. The van der Waals surface area contributed by atoms with Gasteiger partial charge in [0.1, 0.15) is 0 Å². The van der Waals surface area contributed by atoms with Gasteiger partial charge >= 0.3 is 0 Å². The molecule has 5 heteroatoms. The Kier molecular flexibility index (Phi) is 4.40. The molecule has 106 valence electrons. The summed E-state index contributed by atoms with van der Waals surface area (Å²) in [7, 11) is 1.90. The maximum atomic E-state index is 12.1. The number of carbonyl (C=O) groups is 1. The van der Waals surface area contributed by atoms with Crippen LogP contribution in [0.25, 0.3) is 0 Å². The lowest BCUT2D eigenvalue weighted by molar-refractivity contribution is -0.122. The molecule has 0 aliphatic carbocycles. The molecule has 1 aromatic heterocycles. The zero-order valence-corrected chi connectivity index (χ0v) is 11.8. The van der Waals surface area contributed by atoms with Crippen molar-refractivity contribution in [2.45, 2.75) is 19.3 Å². The van der Waals surface area contributed by atoms with E-state index in [4.69, 9.17) is 5.73 Å². The number of aromatic nitrogens is 2. The number of hydrogen-bond acceptors (Lipinski definition) is 3. The van der Waals surface area contributed by atoms with Gasteiger partial charge in [-0.3, -0.25) is 9.48 Å². The van der Waals surface area contributed by atoms with E-state index in [9.17, 15) is 4.79 Å². The number of anilines is 1. The maximum Gasteiger partial charge on any atom is 0.227 e. The van der Waals surface area contributed by atoms with Crippen LogP contribution in [0.1, 0.15) is 24.1 Å². The van der Waals surface area contributed by atoms with Gasteiger partial charge in [0.2, 0.25) is 5.91 Å². The van der Waals surface area contributed by atoms with Crippen LogP contribution in [-0.4, -0.2) is 22.2 Å². The summed E-state index contributed by atoms with van der Waals surface area (Å²) in [6, 6.07) is 9.39. The Morgan fingerprint density at radius 3 is 2.90 bits per heavy atom. The Labute approximate surface area is 118 Å². The second-order valence-corrected chi connectivity index (χ2v) is 4.88. The lowest BCUT2D eigenvalue weighted by atomic mass is 10.00. The lowest BCUT2D eigenvalue weighted by Gasteiger charge is -2.13. The van der Waals surface area contributed by atoms with E-state index in [2.05, 4.69) is 10.4 Å². The molecule has 1 aromatic carbocycles. The van der Waals surface area contributed by atoms with Gasteiger partial charge in [-0.1, -0.05) is 12.1 Å². The predicted molar refractivity (Wildman–Crippen MR) is 79.2 cm³/mol. The minimum absolute atomic E-state index is 0.0118. The number of rotatable bonds is 5. The van der Waals surface area contributed by atoms with Crippen LogP contribution in [0.2, 0.25) is 0 Å². The molecule has 0 radical (unpaired) electrons. The molecular formula is C15H20N4O. The van der Waals surface area contributed by atoms with Gasteiger partial charge in [-0.2, -0.15) is 5.10 Å². The minimum Gasteiger partial charge on any atom is -0.399 e. The van der Waals surface area contributed by atoms with Gasteiger partial charge in [0, 0.05) is 37.6 Å². The van der Waals surface area contributed by atoms with E-state index in [1.165, 1.54) is 0 Å². The number of nitrogens with zero attached hydrogens (tertiary/aromatic N) is 2. The van der Waals surface area contributed by atoms with Crippen molar-refractivity contribution in [3.05, 3.63) is 47.8 Å². The van der Waals surface area contributed by atoms with Crippen molar-refractivity contribution in [3.8, 4) is 0 Å². The highest BCUT2D eigenvalue weighted by Crippen LogP contribution is 2.17. The standard InChI is InChI=1S/C15H20N4O/c1-11(12-4-3-5-13(16)10-12)15(20)17-8-6-14-7-9-18-19(14)2/h3-5,7,9-11H,6,8,16H2,1-2H3,(H,17,20). The van der Waals surface area contributed by atoms with Crippen LogP contribution < -0.4 is 11.1 Å². The number of nitrogen functional groups attached to an aromatic ring is 1. The van der Waals surface area contributed by atoms with E-state index in [0.29, 0.717) is 12.2 Å². The lowest BCUT2D eigenvalue weighted by Crippen LogP contribution is -2.30. The molecule has 20 heavy (non-hydrogen) atoms. The summed E-state index contributed by atoms with van der Waals surface area (Å²) in [4.78, 5) is 12.1. The quantitative estimate of drug-likeness (QED) is 0.809. The van der Waals surface area contributed by atoms with Crippen molar-refractivity contribution in [2.24, 2.45) is 7.05 Å². The average Bonchev–Trinajstić information content (AvgIpc) is 2.83. The molecular weight excluding hydrogens is 252 g/mol. The summed E-state index contributed by atoms with van der Waals surface area (Å²) in [6.07, 6.45) is 2.53. The van der Waals surface area contributed by atoms with Gasteiger partial charge in [0.25, 0.3) is 0 Å². The van der Waals surface area contributed by atoms with E-state index in [-0.39, 0.29) is 11.8 Å². The van der Waals surface area contributed by atoms with Crippen LogP contribution in [0.5, 0.6) is 0 Å². The average molecular weight is 272 g/mol. The molecule has 0 saturated carbocycles. The number of aryl methyl sites for hydroxylation is 1. The predicted octanol–water partition coefficient (Wildman–Crippen LogP) is 1.46. The zero-order valence-electron chi connectivity index (χ0n) is 11.8. The van der Waals surface area contributed by atoms with Gasteiger partial charge in [-0.15, -0.1) is 0 Å². The SMILES string of the molecule is CC(C(=O)NCCc1ccnn1C)c1cccc(N)c1. The number of benzene rings is 1. The third-order valence-corrected chi connectivity index (χ3v) is 3.41. The summed E-state index contributed by atoms with van der Waals surface area (Å²) in [5, 5.41) is 7.04. The van der Waals surface area contributed by atoms with E-state index < -0.39 is 0 Å². The highest BCUT2D eigenvalue weighted by Gasteiger charge is 2.14. The molecule has 3 N–H and O–H groups in total. The Hall–Kier alpha value is -2.30. The zero-order chi connectivity index (χ0) is 14.5. The second-order valence-electron chi connectivity index (χ2n) is 4.88. The van der Waals surface area contributed by atoms with Crippen LogP contribution in [0, 0.1) is 0 Å². The Balaban J connectivity index is 1.87. The van der Waals surface area contributed by atoms with Crippen LogP contribution in [0.15, 0.2) is 36.5 Å². The molecule has 0 aliphatic heterocycles. The van der Waals surface area contributed by atoms with Crippen LogP contribution in [-0.2, 0) is 18.3 Å². The molecule has 1 unspecified atom stereocenters. The first-order valence-corrected chi connectivity index (χ1v) is 6.68. The van der Waals surface area contributed by atoms with E-state index in [0.717, 1.165) is 17.7 Å². The first-order valence-electron chi connectivity index (χ1n) is 6.68. The molecule has 0 saturated heterocycles. The van der Waals surface area contributed by atoms with Crippen LogP contribution in [0.3, 0.4) is 0 Å². The fourth-order valence-corrected chi connectivity index (χ4v) is 2.09. The molecule has 2 aromatic rings. The smallest absolute Gasteiger partial charge is 0.227 e. The van der Waals surface area contributed by atoms with Crippen molar-refractivity contribution in [3.63, 3.8) is 0 Å². The fourth-order valence-electron chi connectivity index (χ4n) is 2.09. The van der Waals surface area contributed by atoms with E-state index in [1.807, 2.05) is 49.0 Å². The number of nitrogens with one attached hydrogen (secondary N) is 1. The van der Waals surface area contributed by atoms with Crippen molar-refractivity contribution >= 4 is 11.6 Å². The summed E-state index contributed by atoms with van der Waals surface area (Å²) in [5.74, 6) is -0.192. The third-order valence-electron chi connectivity index (χ3n) is 3.41. The molecule has 0 spiro atoms. The van der Waals surface area contributed by atoms with Crippen LogP contribution >= 0.6 is 0 Å². The monoisotopic (exact) mass is 272 g/mol. The van der Waals surface area contributed by atoms with Gasteiger partial charge < -0.3 is 11.1 Å². The largest absolute Gasteiger partial charge is 0.399 e. The molecule has 1 amide bonds. The molecule has 5 nitrogen and oxygen atoms in total. The topological polar surface area (TPSA) is 72.9 Å². The molecule has 0 fully saturated rings. The first-order chi connectivity index (χ1) is 9.58. The van der Waals surface area contributed by atoms with E-state index in [1.54, 1.807) is 6.20 Å². The molecule has 2 rings (SSSR count). The summed E-state index contributed by atoms with van der Waals surface area (Å²) < 4.78 is 1.81. The van der Waals surface area contributed by atoms with Crippen molar-refractivity contribution in [1.82, 2.24) is 15.1 Å². The minimum atomic E-state index is -0.204. The van der Waals surface area contributed by atoms with Gasteiger partial charge in [-0.25, -0.2) is 0 Å². The van der Waals surface area contributed by atoms with Gasteiger partial charge in [0.05, 0.1) is 5.92 Å². The van der Waals surface area contributed by atoms with Gasteiger partial charge in [0.15, 0.2) is 0 Å². The van der Waals surface area contributed by atoms with Crippen LogP contribution in [0.4, 0.5) is 5.69 Å². The second kappa shape index (κ2) is 6.23. The maximum absolute atomic E-state index is 12.1. The van der Waals surface area contributed by atoms with E-state index >= 15 is 0 Å². The Bertz CT molecular complexity index is 591. The molecule has 1 heterocycles. The molecule has 0 bridgehead atoms. The normalized spacial score (nSPS) is 12.1. The number of amides is 1. The highest BCUT2D eigenvalue weighted by atomic mass is 16.1. The summed E-state index contributed by atoms with van der Waals surface area (Å²) in [6.45, 7) is 2.49. The fraction of sp³-hybridized carbons (Fsp3) is 0.333. The van der Waals surface area contributed by atoms with Crippen molar-refractivity contribution < 1.29 is 4.79 Å². The highest BCUT2D eigenvalue weighted by molar-refractivity contribution is 5.83. The third kappa shape index (κ3) is 3.38. The Morgan fingerprint density at radius 1 is 1.45 bits per heavy atom. The Morgan fingerprint density at radius 2 is 2.25 bits per heavy atom. The molecule has 0 aliphatic rings. The van der Waals surface area contributed by atoms with Crippen molar-refractivity contribution in [2.75, 3.05) is 12.3 Å². The van der Waals surface area contributed by atoms with Gasteiger partial charge in [-0.05, 0) is 30.7 Å². The first kappa shape index (κ1) is 14.1.